The van der Waals surface area contributed by atoms with Gasteiger partial charge in [0.15, 0.2) is 11.5 Å². The molecule has 8 nitrogen and oxygen atoms in total. The lowest BCUT2D eigenvalue weighted by molar-refractivity contribution is -0.108. The Morgan fingerprint density at radius 3 is 3.00 bits per heavy atom. The maximum atomic E-state index is 11.8. The van der Waals surface area contributed by atoms with Crippen LogP contribution in [0, 0.1) is 0 Å². The topological polar surface area (TPSA) is 116 Å². The van der Waals surface area contributed by atoms with Crippen LogP contribution in [-0.2, 0) is 4.79 Å². The van der Waals surface area contributed by atoms with E-state index in [4.69, 9.17) is 5.73 Å². The van der Waals surface area contributed by atoms with Crippen molar-refractivity contribution in [3.63, 3.8) is 0 Å². The Balaban J connectivity index is 2.64. The van der Waals surface area contributed by atoms with Gasteiger partial charge in [-0.2, -0.15) is 4.98 Å². The van der Waals surface area contributed by atoms with Gasteiger partial charge in [0.2, 0.25) is 12.4 Å². The van der Waals surface area contributed by atoms with Crippen molar-refractivity contribution in [3.8, 4) is 0 Å². The van der Waals surface area contributed by atoms with Crippen LogP contribution in [0.25, 0.3) is 0 Å². The minimum atomic E-state index is -0.496. The summed E-state index contributed by atoms with van der Waals surface area (Å²) in [7, 11) is 1.72. The summed E-state index contributed by atoms with van der Waals surface area (Å²) < 4.78 is 0. The second-order valence-electron chi connectivity index (χ2n) is 3.85. The predicted octanol–water partition coefficient (Wildman–Crippen LogP) is -1.87. The third-order valence-corrected chi connectivity index (χ3v) is 2.72. The van der Waals surface area contributed by atoms with Crippen LogP contribution in [0.2, 0.25) is 0 Å². The number of nitrogen functional groups attached to an aromatic ring is 1. The van der Waals surface area contributed by atoms with Gasteiger partial charge < -0.3 is 15.7 Å². The number of aromatic nitrogens is 2. The van der Waals surface area contributed by atoms with Crippen LogP contribution in [0.4, 0.5) is 17.5 Å². The summed E-state index contributed by atoms with van der Waals surface area (Å²) in [6, 6.07) is -0.462. The average Bonchev–Trinajstić information content (AvgIpc) is 2.29. The Bertz CT molecular complexity index is 500. The van der Waals surface area contributed by atoms with Crippen LogP contribution in [-0.4, -0.2) is 47.7 Å². The van der Waals surface area contributed by atoms with Gasteiger partial charge in [0, 0.05) is 13.6 Å². The standard InChI is InChI=1S/C9H13N5O3/c1-13-2-5(3-15)14(4-16)6-7(13)11-9(10)12-8(6)17/h4-5,15H,2-3H2,1H3,(H3,10,11,12,17). The van der Waals surface area contributed by atoms with Gasteiger partial charge in [-0.25, -0.2) is 0 Å². The molecule has 1 aromatic heterocycles. The first-order chi connectivity index (χ1) is 8.08. The van der Waals surface area contributed by atoms with E-state index in [9.17, 15) is 14.7 Å². The van der Waals surface area contributed by atoms with Crippen LogP contribution in [0.15, 0.2) is 4.79 Å². The summed E-state index contributed by atoms with van der Waals surface area (Å²) in [5.41, 5.74) is 5.07. The molecule has 1 atom stereocenters. The molecular formula is C9H13N5O3. The number of amides is 1. The fraction of sp³-hybridized carbons (Fsp3) is 0.444. The number of anilines is 3. The zero-order chi connectivity index (χ0) is 12.6. The molecule has 1 amide bonds. The summed E-state index contributed by atoms with van der Waals surface area (Å²) in [6.07, 6.45) is 0.514. The molecule has 17 heavy (non-hydrogen) atoms. The monoisotopic (exact) mass is 239 g/mol. The van der Waals surface area contributed by atoms with Gasteiger partial charge in [-0.15, -0.1) is 0 Å². The molecule has 1 aliphatic rings. The number of aliphatic hydroxyl groups is 1. The Labute approximate surface area is 96.7 Å². The fourth-order valence-electron chi connectivity index (χ4n) is 1.93. The molecule has 2 rings (SSSR count). The zero-order valence-electron chi connectivity index (χ0n) is 9.25. The highest BCUT2D eigenvalue weighted by Crippen LogP contribution is 2.28. The molecule has 0 aromatic carbocycles. The molecule has 0 saturated carbocycles. The number of nitrogens with zero attached hydrogens (tertiary/aromatic N) is 3. The lowest BCUT2D eigenvalue weighted by atomic mass is 10.2. The Morgan fingerprint density at radius 1 is 1.71 bits per heavy atom. The van der Waals surface area contributed by atoms with Gasteiger partial charge in [-0.05, 0) is 0 Å². The second-order valence-corrected chi connectivity index (χ2v) is 3.85. The highest BCUT2D eigenvalue weighted by atomic mass is 16.3. The maximum absolute atomic E-state index is 11.8. The van der Waals surface area contributed by atoms with Crippen LogP contribution >= 0.6 is 0 Å². The third-order valence-electron chi connectivity index (χ3n) is 2.72. The number of nitrogens with two attached hydrogens (primary N) is 1. The van der Waals surface area contributed by atoms with Crippen molar-refractivity contribution in [3.05, 3.63) is 10.4 Å². The van der Waals surface area contributed by atoms with Gasteiger partial charge in [0.25, 0.3) is 5.56 Å². The van der Waals surface area contributed by atoms with Crippen LogP contribution in [0.5, 0.6) is 0 Å². The van der Waals surface area contributed by atoms with E-state index in [2.05, 4.69) is 9.97 Å². The van der Waals surface area contributed by atoms with Crippen molar-refractivity contribution in [1.82, 2.24) is 9.97 Å². The number of hydrogen-bond donors (Lipinski definition) is 3. The Morgan fingerprint density at radius 2 is 2.41 bits per heavy atom. The first kappa shape index (κ1) is 11.4. The number of likely N-dealkylation sites (N-methyl/N-ethyl adjacent to an activating group) is 1. The van der Waals surface area contributed by atoms with Gasteiger partial charge in [0.1, 0.15) is 0 Å². The minimum Gasteiger partial charge on any atom is -0.394 e. The molecule has 0 fully saturated rings. The summed E-state index contributed by atoms with van der Waals surface area (Å²) in [4.78, 5) is 32.0. The fourth-order valence-corrected chi connectivity index (χ4v) is 1.93. The Hall–Kier alpha value is -2.09. The molecule has 0 aliphatic carbocycles. The third kappa shape index (κ3) is 1.72. The number of nitrogens with one attached hydrogen (secondary N) is 1. The van der Waals surface area contributed by atoms with Crippen molar-refractivity contribution >= 4 is 23.9 Å². The number of aliphatic hydroxyl groups excluding tert-OH is 1. The molecule has 4 N–H and O–H groups in total. The molecular weight excluding hydrogens is 226 g/mol. The first-order valence-corrected chi connectivity index (χ1v) is 5.04. The molecule has 0 saturated heterocycles. The lowest BCUT2D eigenvalue weighted by Gasteiger charge is -2.37. The minimum absolute atomic E-state index is 0.00565. The van der Waals surface area contributed by atoms with Gasteiger partial charge >= 0.3 is 0 Å². The SMILES string of the molecule is CN1CC(CO)N(C=O)c2c1nc(N)[nH]c2=O. The van der Waals surface area contributed by atoms with E-state index >= 15 is 0 Å². The lowest BCUT2D eigenvalue weighted by Crippen LogP contribution is -2.51. The highest BCUT2D eigenvalue weighted by Gasteiger charge is 2.32. The smallest absolute Gasteiger partial charge is 0.278 e. The summed E-state index contributed by atoms with van der Waals surface area (Å²) in [6.45, 7) is 0.157. The molecule has 1 unspecified atom stereocenters. The van der Waals surface area contributed by atoms with Crippen LogP contribution < -0.4 is 21.1 Å². The Kier molecular flexibility index (Phi) is 2.72. The largest absolute Gasteiger partial charge is 0.394 e. The zero-order valence-corrected chi connectivity index (χ0v) is 9.25. The highest BCUT2D eigenvalue weighted by molar-refractivity contribution is 5.84. The molecule has 1 aliphatic heterocycles. The molecule has 0 bridgehead atoms. The average molecular weight is 239 g/mol. The summed E-state index contributed by atoms with van der Waals surface area (Å²) in [5, 5.41) is 9.20. The number of fused-ring (bicyclic) bond motifs is 1. The number of aromatic amines is 1. The van der Waals surface area contributed by atoms with Crippen molar-refractivity contribution in [2.45, 2.75) is 6.04 Å². The molecule has 0 radical (unpaired) electrons. The van der Waals surface area contributed by atoms with Gasteiger partial charge in [-0.1, -0.05) is 0 Å². The normalized spacial score (nSPS) is 19.1. The number of rotatable bonds is 2. The predicted molar refractivity (Wildman–Crippen MR) is 62.0 cm³/mol. The van der Waals surface area contributed by atoms with Crippen molar-refractivity contribution in [2.24, 2.45) is 0 Å². The number of carbonyl (C=O) groups is 1. The van der Waals surface area contributed by atoms with Crippen molar-refractivity contribution in [2.75, 3.05) is 35.7 Å². The number of H-pyrrole nitrogens is 1. The van der Waals surface area contributed by atoms with E-state index in [0.29, 0.717) is 18.8 Å². The second kappa shape index (κ2) is 4.06. The van der Waals surface area contributed by atoms with Gasteiger partial charge in [0.05, 0.1) is 12.6 Å². The van der Waals surface area contributed by atoms with Crippen molar-refractivity contribution < 1.29 is 9.90 Å². The molecule has 8 heteroatoms. The van der Waals surface area contributed by atoms with E-state index < -0.39 is 11.6 Å². The molecule has 92 valence electrons. The first-order valence-electron chi connectivity index (χ1n) is 5.04. The van der Waals surface area contributed by atoms with E-state index in [0.717, 1.165) is 0 Å². The quantitative estimate of drug-likeness (QED) is 0.520. The summed E-state index contributed by atoms with van der Waals surface area (Å²) in [5.74, 6) is 0.331. The van der Waals surface area contributed by atoms with Gasteiger partial charge in [-0.3, -0.25) is 19.5 Å². The van der Waals surface area contributed by atoms with E-state index in [-0.39, 0.29) is 18.2 Å². The number of carbonyl (C=O) groups excluding carboxylic acids is 1. The van der Waals surface area contributed by atoms with E-state index in [1.165, 1.54) is 4.90 Å². The van der Waals surface area contributed by atoms with Crippen molar-refractivity contribution in [1.29, 1.82) is 0 Å². The summed E-state index contributed by atoms with van der Waals surface area (Å²) >= 11 is 0. The van der Waals surface area contributed by atoms with Crippen LogP contribution in [0.1, 0.15) is 0 Å². The molecule has 2 heterocycles. The van der Waals surface area contributed by atoms with E-state index in [1.807, 2.05) is 0 Å². The van der Waals surface area contributed by atoms with Crippen LogP contribution in [0.3, 0.4) is 0 Å². The van der Waals surface area contributed by atoms with E-state index in [1.54, 1.807) is 11.9 Å². The molecule has 0 spiro atoms. The maximum Gasteiger partial charge on any atom is 0.278 e. The molecule has 1 aromatic rings. The number of hydrogen-bond acceptors (Lipinski definition) is 6.